The fourth-order valence-electron chi connectivity index (χ4n) is 2.34. The second kappa shape index (κ2) is 9.50. The van der Waals surface area contributed by atoms with E-state index in [1.807, 2.05) is 55.5 Å². The fraction of sp³-hybridized carbons (Fsp3) is 0.318. The highest BCUT2D eigenvalue weighted by molar-refractivity contribution is 8.15. The number of methoxy groups -OCH3 is 1. The summed E-state index contributed by atoms with van der Waals surface area (Å²) in [5.74, 6) is -0.652. The normalized spacial score (nSPS) is 14.1. The van der Waals surface area contributed by atoms with E-state index >= 15 is 0 Å². The molecule has 0 bridgehead atoms. The summed E-state index contributed by atoms with van der Waals surface area (Å²) in [7, 11) is -1.64. The number of oxime groups is 1. The molecule has 0 aliphatic rings. The van der Waals surface area contributed by atoms with Gasteiger partial charge in [-0.05, 0) is 35.6 Å². The van der Waals surface area contributed by atoms with Crippen molar-refractivity contribution in [2.24, 2.45) is 5.16 Å². The van der Waals surface area contributed by atoms with Gasteiger partial charge in [0.1, 0.15) is 9.80 Å². The van der Waals surface area contributed by atoms with Crippen LogP contribution in [-0.4, -0.2) is 34.0 Å². The molecular weight excluding hydrogens is 406 g/mol. The second-order valence-electron chi connectivity index (χ2n) is 7.70. The minimum absolute atomic E-state index is 0.0255. The van der Waals surface area contributed by atoms with E-state index < -0.39 is 15.8 Å². The van der Waals surface area contributed by atoms with Gasteiger partial charge in [0.2, 0.25) is 5.04 Å². The number of carbonyl (C=O) groups is 1. The number of aryl methyl sites for hydroxylation is 1. The van der Waals surface area contributed by atoms with Gasteiger partial charge in [0.25, 0.3) is 0 Å². The van der Waals surface area contributed by atoms with Crippen LogP contribution < -0.4 is 0 Å². The summed E-state index contributed by atoms with van der Waals surface area (Å²) in [4.78, 5) is 12.8. The Bertz CT molecular complexity index is 995. The van der Waals surface area contributed by atoms with E-state index in [4.69, 9.17) is 9.02 Å². The minimum atomic E-state index is -2.90. The Morgan fingerprint density at radius 1 is 1.07 bits per heavy atom. The van der Waals surface area contributed by atoms with Gasteiger partial charge in [-0.3, -0.25) is 0 Å². The van der Waals surface area contributed by atoms with Gasteiger partial charge in [-0.2, -0.15) is 0 Å². The van der Waals surface area contributed by atoms with Crippen LogP contribution in [0.25, 0.3) is 0 Å². The number of hydrogen-bond acceptors (Lipinski definition) is 6. The Hall–Kier alpha value is -2.25. The highest BCUT2D eigenvalue weighted by Crippen LogP contribution is 2.23. The minimum Gasteiger partial charge on any atom is -0.464 e. The Morgan fingerprint density at radius 2 is 1.66 bits per heavy atom. The molecule has 0 aromatic heterocycles. The lowest BCUT2D eigenvalue weighted by Crippen LogP contribution is -2.14. The molecular formula is C22H27NO4S2. The van der Waals surface area contributed by atoms with Gasteiger partial charge in [-0.15, -0.1) is 0 Å². The van der Waals surface area contributed by atoms with Crippen molar-refractivity contribution < 1.29 is 18.0 Å². The third-order valence-corrected chi connectivity index (χ3v) is 6.00. The van der Waals surface area contributed by atoms with Crippen LogP contribution in [0.3, 0.4) is 0 Å². The Labute approximate surface area is 177 Å². The summed E-state index contributed by atoms with van der Waals surface area (Å²) in [6, 6.07) is 15.4. The van der Waals surface area contributed by atoms with E-state index in [9.17, 15) is 9.00 Å². The Balaban J connectivity index is 2.23. The molecule has 0 saturated carbocycles. The maximum absolute atomic E-state index is 12.8. The van der Waals surface area contributed by atoms with Crippen molar-refractivity contribution in [3.05, 3.63) is 65.2 Å². The smallest absolute Gasteiger partial charge is 0.367 e. The zero-order valence-electron chi connectivity index (χ0n) is 17.6. The Morgan fingerprint density at radius 3 is 2.17 bits per heavy atom. The van der Waals surface area contributed by atoms with Crippen molar-refractivity contribution in [2.75, 3.05) is 13.4 Å². The van der Waals surface area contributed by atoms with Crippen LogP contribution >= 0.6 is 11.8 Å². The molecule has 5 nitrogen and oxygen atoms in total. The van der Waals surface area contributed by atoms with Gasteiger partial charge < -0.3 is 9.02 Å². The molecule has 0 aliphatic heterocycles. The van der Waals surface area contributed by atoms with E-state index in [0.717, 1.165) is 27.8 Å². The largest absolute Gasteiger partial charge is 0.464 e. The van der Waals surface area contributed by atoms with Gasteiger partial charge >= 0.3 is 5.97 Å². The molecule has 1 unspecified atom stereocenters. The molecule has 0 spiro atoms. The average molecular weight is 434 g/mol. The van der Waals surface area contributed by atoms with Crippen molar-refractivity contribution in [1.29, 1.82) is 0 Å². The highest BCUT2D eigenvalue weighted by atomic mass is 32.2. The second-order valence-corrected chi connectivity index (χ2v) is 10.8. The zero-order valence-corrected chi connectivity index (χ0v) is 19.2. The van der Waals surface area contributed by atoms with E-state index in [2.05, 4.69) is 25.9 Å². The maximum Gasteiger partial charge on any atom is 0.367 e. The first-order valence-corrected chi connectivity index (χ1v) is 11.8. The fourth-order valence-corrected chi connectivity index (χ4v) is 4.04. The Kier molecular flexibility index (Phi) is 7.54. The molecule has 0 aliphatic carbocycles. The van der Waals surface area contributed by atoms with Gasteiger partial charge in [-0.1, -0.05) is 79.7 Å². The zero-order chi connectivity index (χ0) is 21.7. The van der Waals surface area contributed by atoms with Crippen molar-refractivity contribution in [3.8, 4) is 0 Å². The molecule has 2 aromatic rings. The SMILES string of the molecule is COC(=O)C(=NOS(C)(=O)=Cc1ccc(C(C)(C)C)cc1)Sc1ccc(C)cc1. The molecule has 1 atom stereocenters. The third kappa shape index (κ3) is 7.25. The van der Waals surface area contributed by atoms with Crippen LogP contribution in [0, 0.1) is 6.92 Å². The van der Waals surface area contributed by atoms with Crippen LogP contribution in [0.5, 0.6) is 0 Å². The summed E-state index contributed by atoms with van der Waals surface area (Å²) >= 11 is 1.09. The summed E-state index contributed by atoms with van der Waals surface area (Å²) in [6.45, 7) is 8.37. The summed E-state index contributed by atoms with van der Waals surface area (Å²) in [5, 5.41) is 5.32. The van der Waals surface area contributed by atoms with Gasteiger partial charge in [-0.25, -0.2) is 9.00 Å². The maximum atomic E-state index is 12.8. The number of rotatable bonds is 4. The molecule has 0 fully saturated rings. The van der Waals surface area contributed by atoms with Crippen molar-refractivity contribution in [3.63, 3.8) is 0 Å². The van der Waals surface area contributed by atoms with Crippen LogP contribution in [0.2, 0.25) is 0 Å². The molecule has 2 aromatic carbocycles. The van der Waals surface area contributed by atoms with E-state index in [1.54, 1.807) is 0 Å². The van der Waals surface area contributed by atoms with Gasteiger partial charge in [0, 0.05) is 16.5 Å². The summed E-state index contributed by atoms with van der Waals surface area (Å²) in [5.41, 5.74) is 3.08. The van der Waals surface area contributed by atoms with Crippen LogP contribution in [-0.2, 0) is 29.0 Å². The number of nitrogens with zero attached hydrogens (tertiary/aromatic N) is 1. The van der Waals surface area contributed by atoms with Gasteiger partial charge in [0.05, 0.1) is 7.11 Å². The molecule has 156 valence electrons. The number of hydrogen-bond donors (Lipinski definition) is 0. The van der Waals surface area contributed by atoms with Crippen molar-refractivity contribution >= 4 is 37.9 Å². The lowest BCUT2D eigenvalue weighted by atomic mass is 9.87. The van der Waals surface area contributed by atoms with Crippen molar-refractivity contribution in [1.82, 2.24) is 0 Å². The van der Waals surface area contributed by atoms with Crippen molar-refractivity contribution in [2.45, 2.75) is 38.0 Å². The van der Waals surface area contributed by atoms with E-state index in [-0.39, 0.29) is 10.5 Å². The highest BCUT2D eigenvalue weighted by Gasteiger charge is 2.16. The standard InChI is InChI=1S/C22H27NO4S2/c1-16-7-13-19(14-8-16)28-20(21(24)26-5)23-27-29(6,25)15-17-9-11-18(12-10-17)22(2,3)4/h7-15H,1-6H3. The number of thioether (sulfide) groups is 1. The number of carbonyl (C=O) groups excluding carboxylic acids is 1. The van der Waals surface area contributed by atoms with Crippen LogP contribution in [0.1, 0.15) is 37.5 Å². The number of benzene rings is 2. The summed E-state index contributed by atoms with van der Waals surface area (Å²) in [6.07, 6.45) is 1.43. The van der Waals surface area contributed by atoms with E-state index in [0.29, 0.717) is 0 Å². The first-order chi connectivity index (χ1) is 13.5. The number of ether oxygens (including phenoxy) is 1. The predicted molar refractivity (Wildman–Crippen MR) is 122 cm³/mol. The predicted octanol–water partition coefficient (Wildman–Crippen LogP) is 4.57. The molecule has 2 rings (SSSR count). The summed E-state index contributed by atoms with van der Waals surface area (Å²) < 4.78 is 22.8. The topological polar surface area (TPSA) is 65.0 Å². The average Bonchev–Trinajstić information content (AvgIpc) is 2.65. The van der Waals surface area contributed by atoms with Crippen LogP contribution in [0.4, 0.5) is 0 Å². The molecule has 0 radical (unpaired) electrons. The van der Waals surface area contributed by atoms with Gasteiger partial charge in [0.15, 0.2) is 0 Å². The monoisotopic (exact) mass is 433 g/mol. The molecule has 7 heteroatoms. The molecule has 0 amide bonds. The molecule has 0 saturated heterocycles. The third-order valence-electron chi connectivity index (χ3n) is 3.99. The first kappa shape index (κ1) is 23.0. The van der Waals surface area contributed by atoms with E-state index in [1.165, 1.54) is 24.3 Å². The molecule has 0 N–H and O–H groups in total. The quantitative estimate of drug-likeness (QED) is 0.177. The van der Waals surface area contributed by atoms with Crippen LogP contribution in [0.15, 0.2) is 58.6 Å². The molecule has 0 heterocycles. The lowest BCUT2D eigenvalue weighted by Gasteiger charge is -2.18. The number of esters is 1. The lowest BCUT2D eigenvalue weighted by molar-refractivity contribution is -0.132. The molecule has 29 heavy (non-hydrogen) atoms. The first-order valence-electron chi connectivity index (χ1n) is 9.04.